The molecular formula is C13H11FN2O2. The highest BCUT2D eigenvalue weighted by Gasteiger charge is 2.13. The second kappa shape index (κ2) is 4.75. The number of aromatic hydroxyl groups is 1. The molecule has 1 amide bonds. The van der Waals surface area contributed by atoms with Crippen molar-refractivity contribution in [2.45, 2.75) is 0 Å². The minimum absolute atomic E-state index is 0.156. The van der Waals surface area contributed by atoms with Gasteiger partial charge in [0.15, 0.2) is 0 Å². The number of phenolic OH excluding ortho intramolecular Hbond substituents is 1. The summed E-state index contributed by atoms with van der Waals surface area (Å²) in [7, 11) is 0. The van der Waals surface area contributed by atoms with Crippen LogP contribution in [-0.4, -0.2) is 11.0 Å². The zero-order valence-corrected chi connectivity index (χ0v) is 9.35. The number of para-hydroxylation sites is 2. The van der Waals surface area contributed by atoms with Crippen LogP contribution in [0.3, 0.4) is 0 Å². The van der Waals surface area contributed by atoms with Crippen LogP contribution in [0.5, 0.6) is 5.75 Å². The van der Waals surface area contributed by atoms with Gasteiger partial charge in [0.1, 0.15) is 11.6 Å². The quantitative estimate of drug-likeness (QED) is 0.712. The Balaban J connectivity index is 2.25. The van der Waals surface area contributed by atoms with Crippen molar-refractivity contribution in [3.63, 3.8) is 0 Å². The lowest BCUT2D eigenvalue weighted by atomic mass is 10.2. The zero-order chi connectivity index (χ0) is 13.1. The van der Waals surface area contributed by atoms with Gasteiger partial charge in [-0.1, -0.05) is 12.1 Å². The van der Waals surface area contributed by atoms with Crippen molar-refractivity contribution in [1.82, 2.24) is 0 Å². The van der Waals surface area contributed by atoms with Gasteiger partial charge in [-0.3, -0.25) is 4.79 Å². The number of nitrogens with one attached hydrogen (secondary N) is 1. The zero-order valence-electron chi connectivity index (χ0n) is 9.35. The average molecular weight is 246 g/mol. The second-order valence-electron chi connectivity index (χ2n) is 3.71. The Morgan fingerprint density at radius 1 is 1.22 bits per heavy atom. The van der Waals surface area contributed by atoms with E-state index in [1.54, 1.807) is 24.3 Å². The Kier molecular flexibility index (Phi) is 3.14. The number of amides is 1. The van der Waals surface area contributed by atoms with Gasteiger partial charge < -0.3 is 16.2 Å². The highest BCUT2D eigenvalue weighted by atomic mass is 19.1. The molecular weight excluding hydrogens is 235 g/mol. The number of benzene rings is 2. The summed E-state index contributed by atoms with van der Waals surface area (Å²) in [4.78, 5) is 11.8. The molecule has 0 aromatic heterocycles. The van der Waals surface area contributed by atoms with Crippen LogP contribution in [0, 0.1) is 5.82 Å². The van der Waals surface area contributed by atoms with Crippen molar-refractivity contribution in [2.75, 3.05) is 11.1 Å². The van der Waals surface area contributed by atoms with Gasteiger partial charge in [0.25, 0.3) is 5.91 Å². The molecule has 0 spiro atoms. The predicted octanol–water partition coefficient (Wildman–Crippen LogP) is 2.37. The van der Waals surface area contributed by atoms with Crippen LogP contribution in [0.4, 0.5) is 15.8 Å². The fraction of sp³-hybridized carbons (Fsp3) is 0. The van der Waals surface area contributed by atoms with Crippen molar-refractivity contribution < 1.29 is 14.3 Å². The lowest BCUT2D eigenvalue weighted by Gasteiger charge is -2.08. The molecule has 0 fully saturated rings. The smallest absolute Gasteiger partial charge is 0.258 e. The molecule has 0 aliphatic rings. The predicted molar refractivity (Wildman–Crippen MR) is 66.9 cm³/mol. The van der Waals surface area contributed by atoms with E-state index in [2.05, 4.69) is 5.32 Å². The van der Waals surface area contributed by atoms with E-state index in [4.69, 9.17) is 10.8 Å². The highest BCUT2D eigenvalue weighted by molar-refractivity contribution is 6.05. The molecule has 0 unspecified atom stereocenters. The molecule has 0 saturated heterocycles. The monoisotopic (exact) mass is 246 g/mol. The molecule has 0 heterocycles. The Labute approximate surface area is 103 Å². The molecule has 92 valence electrons. The van der Waals surface area contributed by atoms with Crippen molar-refractivity contribution in [3.05, 3.63) is 53.8 Å². The topological polar surface area (TPSA) is 75.3 Å². The minimum Gasteiger partial charge on any atom is -0.508 e. The number of rotatable bonds is 2. The molecule has 0 atom stereocenters. The standard InChI is InChI=1S/C13H11FN2O2/c14-10-7-8(17)5-6-9(10)13(18)16-12-4-2-1-3-11(12)15/h1-7,17H,15H2,(H,16,18). The summed E-state index contributed by atoms with van der Waals surface area (Å²) < 4.78 is 13.5. The molecule has 0 aliphatic heterocycles. The van der Waals surface area contributed by atoms with Gasteiger partial charge >= 0.3 is 0 Å². The van der Waals surface area contributed by atoms with Crippen molar-refractivity contribution >= 4 is 17.3 Å². The summed E-state index contributed by atoms with van der Waals surface area (Å²) in [5.41, 5.74) is 6.31. The number of nitrogens with two attached hydrogens (primary N) is 1. The number of anilines is 2. The first kappa shape index (κ1) is 11.9. The normalized spacial score (nSPS) is 10.1. The summed E-state index contributed by atoms with van der Waals surface area (Å²) in [5.74, 6) is -1.64. The number of halogens is 1. The first-order valence-electron chi connectivity index (χ1n) is 5.22. The fourth-order valence-electron chi connectivity index (χ4n) is 1.49. The summed E-state index contributed by atoms with van der Waals surface area (Å²) in [6.45, 7) is 0. The van der Waals surface area contributed by atoms with Gasteiger partial charge in [0, 0.05) is 6.07 Å². The molecule has 0 saturated carbocycles. The van der Waals surface area contributed by atoms with E-state index < -0.39 is 11.7 Å². The number of hydrogen-bond acceptors (Lipinski definition) is 3. The molecule has 4 N–H and O–H groups in total. The highest BCUT2D eigenvalue weighted by Crippen LogP contribution is 2.20. The van der Waals surface area contributed by atoms with E-state index in [0.717, 1.165) is 6.07 Å². The summed E-state index contributed by atoms with van der Waals surface area (Å²) in [5, 5.41) is 11.6. The average Bonchev–Trinajstić information content (AvgIpc) is 2.32. The van der Waals surface area contributed by atoms with Gasteiger partial charge in [-0.2, -0.15) is 0 Å². The van der Waals surface area contributed by atoms with Crippen LogP contribution in [0.2, 0.25) is 0 Å². The van der Waals surface area contributed by atoms with Crippen LogP contribution < -0.4 is 11.1 Å². The van der Waals surface area contributed by atoms with Gasteiger partial charge in [-0.05, 0) is 24.3 Å². The Morgan fingerprint density at radius 2 is 1.94 bits per heavy atom. The second-order valence-corrected chi connectivity index (χ2v) is 3.71. The maximum atomic E-state index is 13.5. The van der Waals surface area contributed by atoms with Gasteiger partial charge in [-0.15, -0.1) is 0 Å². The van der Waals surface area contributed by atoms with Gasteiger partial charge in [0.05, 0.1) is 16.9 Å². The number of carbonyl (C=O) groups excluding carboxylic acids is 1. The van der Waals surface area contributed by atoms with Crippen molar-refractivity contribution in [2.24, 2.45) is 0 Å². The van der Waals surface area contributed by atoms with Crippen molar-refractivity contribution in [1.29, 1.82) is 0 Å². The third kappa shape index (κ3) is 2.40. The summed E-state index contributed by atoms with van der Waals surface area (Å²) >= 11 is 0. The molecule has 5 heteroatoms. The number of phenols is 1. The molecule has 2 aromatic rings. The Hall–Kier alpha value is -2.56. The maximum Gasteiger partial charge on any atom is 0.258 e. The van der Waals surface area contributed by atoms with Crippen LogP contribution in [0.1, 0.15) is 10.4 Å². The Bertz CT molecular complexity index is 599. The third-order valence-electron chi connectivity index (χ3n) is 2.41. The fourth-order valence-corrected chi connectivity index (χ4v) is 1.49. The summed E-state index contributed by atoms with van der Waals surface area (Å²) in [6, 6.07) is 10.0. The minimum atomic E-state index is -0.790. The molecule has 4 nitrogen and oxygen atoms in total. The first-order chi connectivity index (χ1) is 8.58. The number of carbonyl (C=O) groups is 1. The molecule has 0 radical (unpaired) electrons. The Morgan fingerprint density at radius 3 is 2.61 bits per heavy atom. The van der Waals surface area contributed by atoms with Gasteiger partial charge in [0.2, 0.25) is 0 Å². The SMILES string of the molecule is Nc1ccccc1NC(=O)c1ccc(O)cc1F. The van der Waals surface area contributed by atoms with E-state index in [1.165, 1.54) is 12.1 Å². The van der Waals surface area contributed by atoms with Gasteiger partial charge in [-0.25, -0.2) is 4.39 Å². The first-order valence-corrected chi connectivity index (χ1v) is 5.22. The van der Waals surface area contributed by atoms with E-state index in [0.29, 0.717) is 11.4 Å². The third-order valence-corrected chi connectivity index (χ3v) is 2.41. The number of nitrogen functional groups attached to an aromatic ring is 1. The van der Waals surface area contributed by atoms with E-state index >= 15 is 0 Å². The molecule has 18 heavy (non-hydrogen) atoms. The van der Waals surface area contributed by atoms with E-state index in [-0.39, 0.29) is 11.3 Å². The number of hydrogen-bond donors (Lipinski definition) is 3. The van der Waals surface area contributed by atoms with Crippen LogP contribution in [-0.2, 0) is 0 Å². The molecule has 0 aliphatic carbocycles. The van der Waals surface area contributed by atoms with Crippen LogP contribution >= 0.6 is 0 Å². The van der Waals surface area contributed by atoms with Crippen LogP contribution in [0.25, 0.3) is 0 Å². The maximum absolute atomic E-state index is 13.5. The molecule has 2 rings (SSSR count). The molecule has 2 aromatic carbocycles. The summed E-state index contributed by atoms with van der Waals surface area (Å²) in [6.07, 6.45) is 0. The lowest BCUT2D eigenvalue weighted by Crippen LogP contribution is -2.14. The van der Waals surface area contributed by atoms with Crippen LogP contribution in [0.15, 0.2) is 42.5 Å². The van der Waals surface area contributed by atoms with Crippen molar-refractivity contribution in [3.8, 4) is 5.75 Å². The molecule has 0 bridgehead atoms. The van der Waals surface area contributed by atoms with E-state index in [9.17, 15) is 9.18 Å². The largest absolute Gasteiger partial charge is 0.508 e. The van der Waals surface area contributed by atoms with E-state index in [1.807, 2.05) is 0 Å². The lowest BCUT2D eigenvalue weighted by molar-refractivity contribution is 0.102.